The van der Waals surface area contributed by atoms with Crippen molar-refractivity contribution in [2.24, 2.45) is 0 Å². The van der Waals surface area contributed by atoms with Gasteiger partial charge < -0.3 is 10.2 Å². The predicted molar refractivity (Wildman–Crippen MR) is 133 cm³/mol. The number of aryl methyl sites for hydroxylation is 2. The van der Waals surface area contributed by atoms with Gasteiger partial charge in [0, 0.05) is 24.7 Å². The molecule has 5 heteroatoms. The van der Waals surface area contributed by atoms with Gasteiger partial charge in [0.25, 0.3) is 5.91 Å². The molecule has 2 heterocycles. The number of nitrogens with zero attached hydrogens (tertiary/aromatic N) is 3. The van der Waals surface area contributed by atoms with Gasteiger partial charge in [-0.1, -0.05) is 48.5 Å². The molecule has 0 saturated carbocycles. The van der Waals surface area contributed by atoms with E-state index in [9.17, 15) is 4.79 Å². The third kappa shape index (κ3) is 4.44. The molecule has 1 atom stereocenters. The van der Waals surface area contributed by atoms with Gasteiger partial charge >= 0.3 is 0 Å². The maximum Gasteiger partial charge on any atom is 0.254 e. The highest BCUT2D eigenvalue weighted by atomic mass is 16.2. The van der Waals surface area contributed by atoms with Crippen LogP contribution in [0.25, 0.3) is 22.2 Å². The minimum absolute atomic E-state index is 0.0833. The van der Waals surface area contributed by atoms with Crippen molar-refractivity contribution in [2.75, 3.05) is 18.4 Å². The molecule has 1 amide bonds. The molecular weight excluding hydrogens is 408 g/mol. The lowest BCUT2D eigenvalue weighted by Gasteiger charge is -2.34. The Morgan fingerprint density at radius 3 is 2.61 bits per heavy atom. The largest absolute Gasteiger partial charge is 0.364 e. The Hall–Kier alpha value is -3.73. The third-order valence-electron chi connectivity index (χ3n) is 6.48. The van der Waals surface area contributed by atoms with E-state index in [2.05, 4.69) is 47.3 Å². The number of hydrogen-bond donors (Lipinski definition) is 1. The summed E-state index contributed by atoms with van der Waals surface area (Å²) in [6, 6.07) is 22.3. The van der Waals surface area contributed by atoms with E-state index < -0.39 is 0 Å². The van der Waals surface area contributed by atoms with Gasteiger partial charge in [0.15, 0.2) is 0 Å². The number of aromatic nitrogens is 2. The Balaban J connectivity index is 1.35. The number of likely N-dealkylation sites (tertiary alicyclic amines) is 1. The van der Waals surface area contributed by atoms with Crippen molar-refractivity contribution in [1.82, 2.24) is 14.9 Å². The van der Waals surface area contributed by atoms with Crippen LogP contribution in [0.2, 0.25) is 0 Å². The highest BCUT2D eigenvalue weighted by Gasteiger charge is 2.26. The summed E-state index contributed by atoms with van der Waals surface area (Å²) in [4.78, 5) is 24.7. The van der Waals surface area contributed by atoms with Crippen molar-refractivity contribution >= 4 is 22.8 Å². The average molecular weight is 437 g/mol. The van der Waals surface area contributed by atoms with Crippen molar-refractivity contribution in [3.8, 4) is 11.1 Å². The maximum atomic E-state index is 13.6. The summed E-state index contributed by atoms with van der Waals surface area (Å²) in [6.45, 7) is 5.63. The SMILES string of the molecule is Cc1ccc(-c2ccccc2C(=O)N2CCC[C@@H](Nc3cnc4ccccc4n3)C2)cc1C. The molecular formula is C28H28N4O. The number of carbonyl (C=O) groups excluding carboxylic acids is 1. The summed E-state index contributed by atoms with van der Waals surface area (Å²) in [5.74, 6) is 0.837. The molecule has 33 heavy (non-hydrogen) atoms. The zero-order valence-corrected chi connectivity index (χ0v) is 19.1. The molecule has 4 aromatic rings. The van der Waals surface area contributed by atoms with Gasteiger partial charge in [-0.05, 0) is 67.1 Å². The first kappa shape index (κ1) is 21.1. The number of anilines is 1. The fourth-order valence-corrected chi connectivity index (χ4v) is 4.52. The summed E-state index contributed by atoms with van der Waals surface area (Å²) in [5, 5.41) is 3.50. The number of para-hydroxylation sites is 2. The molecule has 1 fully saturated rings. The predicted octanol–water partition coefficient (Wildman–Crippen LogP) is 5.63. The van der Waals surface area contributed by atoms with Crippen molar-refractivity contribution in [3.63, 3.8) is 0 Å². The van der Waals surface area contributed by atoms with Crippen LogP contribution in [0.3, 0.4) is 0 Å². The average Bonchev–Trinajstić information content (AvgIpc) is 2.85. The second kappa shape index (κ2) is 9.02. The van der Waals surface area contributed by atoms with Crippen LogP contribution in [0.4, 0.5) is 5.82 Å². The number of amides is 1. The number of benzene rings is 3. The first-order chi connectivity index (χ1) is 16.1. The molecule has 1 saturated heterocycles. The standard InChI is InChI=1S/C28H28N4O/c1-19-13-14-21(16-20(19)2)23-9-3-4-10-24(23)28(33)32-15-7-8-22(18-32)30-27-17-29-25-11-5-6-12-26(25)31-27/h3-6,9-14,16-17,22H,7-8,15,18H2,1-2H3,(H,30,31)/t22-/m1/s1. The number of carbonyl (C=O) groups is 1. The number of nitrogens with one attached hydrogen (secondary N) is 1. The van der Waals surface area contributed by atoms with Crippen LogP contribution in [0.1, 0.15) is 34.3 Å². The number of hydrogen-bond acceptors (Lipinski definition) is 4. The van der Waals surface area contributed by atoms with E-state index in [-0.39, 0.29) is 11.9 Å². The molecule has 0 spiro atoms. The normalized spacial score (nSPS) is 16.1. The van der Waals surface area contributed by atoms with E-state index in [0.29, 0.717) is 6.54 Å². The van der Waals surface area contributed by atoms with Gasteiger partial charge in [-0.2, -0.15) is 0 Å². The van der Waals surface area contributed by atoms with Gasteiger partial charge in [0.05, 0.1) is 17.2 Å². The van der Waals surface area contributed by atoms with E-state index >= 15 is 0 Å². The summed E-state index contributed by atoms with van der Waals surface area (Å²) in [7, 11) is 0. The van der Waals surface area contributed by atoms with Crippen LogP contribution < -0.4 is 5.32 Å². The summed E-state index contributed by atoms with van der Waals surface area (Å²) >= 11 is 0. The molecule has 5 nitrogen and oxygen atoms in total. The molecule has 1 aliphatic rings. The first-order valence-corrected chi connectivity index (χ1v) is 11.5. The van der Waals surface area contributed by atoms with Gasteiger partial charge in [-0.25, -0.2) is 4.98 Å². The lowest BCUT2D eigenvalue weighted by atomic mass is 9.95. The lowest BCUT2D eigenvalue weighted by molar-refractivity contribution is 0.0715. The molecule has 1 aliphatic heterocycles. The van der Waals surface area contributed by atoms with Crippen LogP contribution in [0.15, 0.2) is 72.9 Å². The smallest absolute Gasteiger partial charge is 0.254 e. The van der Waals surface area contributed by atoms with E-state index in [4.69, 9.17) is 0 Å². The molecule has 0 aliphatic carbocycles. The van der Waals surface area contributed by atoms with E-state index in [1.54, 1.807) is 6.20 Å². The molecule has 1 N–H and O–H groups in total. The summed E-state index contributed by atoms with van der Waals surface area (Å²) in [6.07, 6.45) is 3.73. The third-order valence-corrected chi connectivity index (χ3v) is 6.48. The van der Waals surface area contributed by atoms with E-state index in [0.717, 1.165) is 52.9 Å². The van der Waals surface area contributed by atoms with Gasteiger partial charge in [-0.3, -0.25) is 9.78 Å². The first-order valence-electron chi connectivity index (χ1n) is 11.5. The molecule has 0 bridgehead atoms. The summed E-state index contributed by atoms with van der Waals surface area (Å²) < 4.78 is 0. The van der Waals surface area contributed by atoms with Crippen molar-refractivity contribution < 1.29 is 4.79 Å². The fraction of sp³-hybridized carbons (Fsp3) is 0.250. The highest BCUT2D eigenvalue weighted by molar-refractivity contribution is 6.01. The number of fused-ring (bicyclic) bond motifs is 1. The van der Waals surface area contributed by atoms with Gasteiger partial charge in [-0.15, -0.1) is 0 Å². The Morgan fingerprint density at radius 1 is 0.970 bits per heavy atom. The van der Waals surface area contributed by atoms with Crippen molar-refractivity contribution in [1.29, 1.82) is 0 Å². The van der Waals surface area contributed by atoms with Gasteiger partial charge in [0.2, 0.25) is 0 Å². The van der Waals surface area contributed by atoms with Crippen LogP contribution in [-0.4, -0.2) is 39.9 Å². The highest BCUT2D eigenvalue weighted by Crippen LogP contribution is 2.28. The van der Waals surface area contributed by atoms with Crippen LogP contribution in [0, 0.1) is 13.8 Å². The topological polar surface area (TPSA) is 58.1 Å². The molecule has 0 unspecified atom stereocenters. The molecule has 5 rings (SSSR count). The quantitative estimate of drug-likeness (QED) is 0.450. The zero-order valence-electron chi connectivity index (χ0n) is 19.1. The minimum Gasteiger partial charge on any atom is -0.364 e. The van der Waals surface area contributed by atoms with Crippen LogP contribution >= 0.6 is 0 Å². The van der Waals surface area contributed by atoms with Crippen LogP contribution in [-0.2, 0) is 0 Å². The molecule has 0 radical (unpaired) electrons. The Labute approximate surface area is 194 Å². The number of piperidine rings is 1. The van der Waals surface area contributed by atoms with Crippen molar-refractivity contribution in [2.45, 2.75) is 32.7 Å². The molecule has 1 aromatic heterocycles. The number of rotatable bonds is 4. The van der Waals surface area contributed by atoms with E-state index in [1.807, 2.05) is 53.4 Å². The van der Waals surface area contributed by atoms with Crippen molar-refractivity contribution in [3.05, 3.63) is 89.6 Å². The molecule has 3 aromatic carbocycles. The second-order valence-electron chi connectivity index (χ2n) is 8.82. The fourth-order valence-electron chi connectivity index (χ4n) is 4.52. The maximum absolute atomic E-state index is 13.6. The monoisotopic (exact) mass is 436 g/mol. The Morgan fingerprint density at radius 2 is 1.76 bits per heavy atom. The second-order valence-corrected chi connectivity index (χ2v) is 8.82. The molecule has 166 valence electrons. The minimum atomic E-state index is 0.0833. The lowest BCUT2D eigenvalue weighted by Crippen LogP contribution is -2.45. The van der Waals surface area contributed by atoms with Gasteiger partial charge in [0.1, 0.15) is 5.82 Å². The summed E-state index contributed by atoms with van der Waals surface area (Å²) in [5.41, 5.74) is 7.06. The van der Waals surface area contributed by atoms with Crippen LogP contribution in [0.5, 0.6) is 0 Å². The Kier molecular flexibility index (Phi) is 5.78. The van der Waals surface area contributed by atoms with E-state index in [1.165, 1.54) is 11.1 Å². The Bertz CT molecular complexity index is 1320. The zero-order chi connectivity index (χ0) is 22.8.